The molecule has 1 amide bonds. The molecule has 1 fully saturated rings. The smallest absolute Gasteiger partial charge is 0.233 e. The van der Waals surface area contributed by atoms with Crippen LogP contribution < -0.4 is 10.1 Å². The number of nitrogens with one attached hydrogen (secondary N) is 1. The average molecular weight is 449 g/mol. The molecule has 1 aliphatic rings. The zero-order valence-corrected chi connectivity index (χ0v) is 19.3. The molecule has 0 radical (unpaired) electrons. The minimum absolute atomic E-state index is 0.0147. The molecule has 31 heavy (non-hydrogen) atoms. The molecule has 0 aliphatic carbocycles. The van der Waals surface area contributed by atoms with Crippen molar-refractivity contribution in [2.24, 2.45) is 0 Å². The molecule has 0 saturated carbocycles. The summed E-state index contributed by atoms with van der Waals surface area (Å²) in [5, 5.41) is 12.3. The zero-order valence-electron chi connectivity index (χ0n) is 18.5. The summed E-state index contributed by atoms with van der Waals surface area (Å²) < 4.78 is 18.5. The molecule has 1 aromatic heterocycles. The van der Waals surface area contributed by atoms with Crippen LogP contribution in [-0.4, -0.2) is 65.5 Å². The van der Waals surface area contributed by atoms with Gasteiger partial charge in [-0.1, -0.05) is 11.8 Å². The van der Waals surface area contributed by atoms with Crippen LogP contribution in [0.3, 0.4) is 0 Å². The van der Waals surface area contributed by atoms with Gasteiger partial charge in [0.1, 0.15) is 5.75 Å². The van der Waals surface area contributed by atoms with E-state index in [1.165, 1.54) is 11.8 Å². The third-order valence-electron chi connectivity index (χ3n) is 5.10. The van der Waals surface area contributed by atoms with E-state index in [0.29, 0.717) is 26.3 Å². The third kappa shape index (κ3) is 6.69. The first-order valence-electron chi connectivity index (χ1n) is 10.8. The van der Waals surface area contributed by atoms with Crippen LogP contribution in [0.5, 0.6) is 5.75 Å². The van der Waals surface area contributed by atoms with Crippen LogP contribution in [0, 0.1) is 0 Å². The van der Waals surface area contributed by atoms with E-state index in [9.17, 15) is 4.79 Å². The highest BCUT2D eigenvalue weighted by Gasteiger charge is 2.24. The molecular formula is C22H32N4O4S. The van der Waals surface area contributed by atoms with Crippen molar-refractivity contribution in [2.75, 3.05) is 33.5 Å². The molecule has 9 heteroatoms. The van der Waals surface area contributed by atoms with Gasteiger partial charge in [-0.3, -0.25) is 9.36 Å². The normalized spacial score (nSPS) is 16.9. The lowest BCUT2D eigenvalue weighted by atomic mass is 10.2. The molecule has 1 aromatic carbocycles. The van der Waals surface area contributed by atoms with Crippen molar-refractivity contribution < 1.29 is 19.0 Å². The lowest BCUT2D eigenvalue weighted by Gasteiger charge is -2.16. The number of amides is 1. The maximum Gasteiger partial charge on any atom is 0.233 e. The molecule has 2 heterocycles. The van der Waals surface area contributed by atoms with Crippen molar-refractivity contribution in [1.82, 2.24) is 20.1 Å². The van der Waals surface area contributed by atoms with E-state index in [1.54, 1.807) is 7.11 Å². The minimum Gasteiger partial charge on any atom is -0.497 e. The Morgan fingerprint density at radius 2 is 2.16 bits per heavy atom. The zero-order chi connectivity index (χ0) is 22.1. The van der Waals surface area contributed by atoms with Crippen molar-refractivity contribution in [1.29, 1.82) is 0 Å². The highest BCUT2D eigenvalue weighted by atomic mass is 32.2. The van der Waals surface area contributed by atoms with Crippen molar-refractivity contribution in [3.8, 4) is 17.1 Å². The minimum atomic E-state index is -0.289. The Kier molecular flexibility index (Phi) is 9.17. The molecule has 170 valence electrons. The number of thioether (sulfide) groups is 1. The lowest BCUT2D eigenvalue weighted by molar-refractivity contribution is -0.120. The Morgan fingerprint density at radius 3 is 2.84 bits per heavy atom. The summed E-state index contributed by atoms with van der Waals surface area (Å²) >= 11 is 1.42. The summed E-state index contributed by atoms with van der Waals surface area (Å²) in [6, 6.07) is 7.76. The van der Waals surface area contributed by atoms with E-state index >= 15 is 0 Å². The number of carbonyl (C=O) groups excluding carboxylic acids is 1. The van der Waals surface area contributed by atoms with Gasteiger partial charge in [0.25, 0.3) is 0 Å². The molecule has 0 bridgehead atoms. The highest BCUT2D eigenvalue weighted by molar-refractivity contribution is 8.00. The predicted molar refractivity (Wildman–Crippen MR) is 120 cm³/mol. The molecular weight excluding hydrogens is 416 g/mol. The van der Waals surface area contributed by atoms with E-state index in [2.05, 4.69) is 20.1 Å². The SMILES string of the molecule is CCOCCCNC(=O)C(C)Sc1nnc(-c2ccc(OC)cc2)n1CC1CCCO1. The van der Waals surface area contributed by atoms with Gasteiger partial charge in [0, 0.05) is 31.9 Å². The topological polar surface area (TPSA) is 87.5 Å². The average Bonchev–Trinajstić information content (AvgIpc) is 3.44. The summed E-state index contributed by atoms with van der Waals surface area (Å²) in [6.07, 6.45) is 3.01. The van der Waals surface area contributed by atoms with Gasteiger partial charge in [-0.25, -0.2) is 0 Å². The van der Waals surface area contributed by atoms with Crippen LogP contribution in [0.15, 0.2) is 29.4 Å². The Hall–Kier alpha value is -2.10. The molecule has 1 saturated heterocycles. The molecule has 0 spiro atoms. The standard InChI is InChI=1S/C22H32N4O4S/c1-4-29-13-6-12-23-21(27)16(2)31-22-25-24-20(17-8-10-18(28-3)11-9-17)26(22)15-19-7-5-14-30-19/h8-11,16,19H,4-7,12-15H2,1-3H3,(H,23,27). The van der Waals surface area contributed by atoms with E-state index in [0.717, 1.165) is 48.2 Å². The van der Waals surface area contributed by atoms with Crippen LogP contribution in [0.25, 0.3) is 11.4 Å². The van der Waals surface area contributed by atoms with E-state index in [4.69, 9.17) is 14.2 Å². The predicted octanol–water partition coefficient (Wildman–Crippen LogP) is 3.16. The second-order valence-electron chi connectivity index (χ2n) is 7.38. The van der Waals surface area contributed by atoms with Gasteiger partial charge < -0.3 is 19.5 Å². The summed E-state index contributed by atoms with van der Waals surface area (Å²) in [5.41, 5.74) is 0.950. The molecule has 8 nitrogen and oxygen atoms in total. The van der Waals surface area contributed by atoms with E-state index in [-0.39, 0.29) is 17.3 Å². The van der Waals surface area contributed by atoms with Gasteiger partial charge in [-0.05, 0) is 57.4 Å². The number of benzene rings is 1. The van der Waals surface area contributed by atoms with Crippen LogP contribution in [0.1, 0.15) is 33.1 Å². The monoisotopic (exact) mass is 448 g/mol. The van der Waals surface area contributed by atoms with Gasteiger partial charge in [-0.2, -0.15) is 0 Å². The van der Waals surface area contributed by atoms with Crippen molar-refractivity contribution >= 4 is 17.7 Å². The fraction of sp³-hybridized carbons (Fsp3) is 0.591. The molecule has 2 atom stereocenters. The lowest BCUT2D eigenvalue weighted by Crippen LogP contribution is -2.32. The number of nitrogens with zero attached hydrogens (tertiary/aromatic N) is 3. The van der Waals surface area contributed by atoms with Crippen molar-refractivity contribution in [3.63, 3.8) is 0 Å². The summed E-state index contributed by atoms with van der Waals surface area (Å²) in [5.74, 6) is 1.54. The number of carbonyl (C=O) groups is 1. The fourth-order valence-corrected chi connectivity index (χ4v) is 4.25. The molecule has 1 N–H and O–H groups in total. The fourth-order valence-electron chi connectivity index (χ4n) is 3.37. The number of hydrogen-bond donors (Lipinski definition) is 1. The van der Waals surface area contributed by atoms with Gasteiger partial charge in [-0.15, -0.1) is 10.2 Å². The number of methoxy groups -OCH3 is 1. The third-order valence-corrected chi connectivity index (χ3v) is 6.18. The van der Waals surface area contributed by atoms with Crippen LogP contribution in [0.4, 0.5) is 0 Å². The number of aromatic nitrogens is 3. The maximum absolute atomic E-state index is 12.5. The number of rotatable bonds is 12. The van der Waals surface area contributed by atoms with Gasteiger partial charge in [0.15, 0.2) is 11.0 Å². The molecule has 2 unspecified atom stereocenters. The first-order valence-corrected chi connectivity index (χ1v) is 11.7. The van der Waals surface area contributed by atoms with Gasteiger partial charge in [0.05, 0.1) is 25.0 Å². The van der Waals surface area contributed by atoms with Gasteiger partial charge in [0.2, 0.25) is 5.91 Å². The van der Waals surface area contributed by atoms with Crippen LogP contribution in [0.2, 0.25) is 0 Å². The van der Waals surface area contributed by atoms with Crippen LogP contribution in [-0.2, 0) is 20.8 Å². The first kappa shape index (κ1) is 23.6. The summed E-state index contributed by atoms with van der Waals surface area (Å²) in [6.45, 7) is 7.25. The molecule has 1 aliphatic heterocycles. The number of ether oxygens (including phenoxy) is 3. The summed E-state index contributed by atoms with van der Waals surface area (Å²) in [7, 11) is 1.65. The molecule has 3 rings (SSSR count). The Bertz CT molecular complexity index is 821. The number of hydrogen-bond acceptors (Lipinski definition) is 7. The Morgan fingerprint density at radius 1 is 1.35 bits per heavy atom. The van der Waals surface area contributed by atoms with Gasteiger partial charge >= 0.3 is 0 Å². The van der Waals surface area contributed by atoms with Crippen molar-refractivity contribution in [2.45, 2.75) is 56.2 Å². The second-order valence-corrected chi connectivity index (χ2v) is 8.69. The summed E-state index contributed by atoms with van der Waals surface area (Å²) in [4.78, 5) is 12.5. The van der Waals surface area contributed by atoms with Crippen LogP contribution >= 0.6 is 11.8 Å². The second kappa shape index (κ2) is 12.1. The first-order chi connectivity index (χ1) is 15.1. The Labute approximate surface area is 188 Å². The van der Waals surface area contributed by atoms with Crippen molar-refractivity contribution in [3.05, 3.63) is 24.3 Å². The maximum atomic E-state index is 12.5. The highest BCUT2D eigenvalue weighted by Crippen LogP contribution is 2.29. The quantitative estimate of drug-likeness (QED) is 0.394. The largest absolute Gasteiger partial charge is 0.497 e. The van der Waals surface area contributed by atoms with E-state index in [1.807, 2.05) is 38.1 Å². The van der Waals surface area contributed by atoms with E-state index < -0.39 is 0 Å². The Balaban J connectivity index is 1.71. The molecule has 2 aromatic rings.